The zero-order chi connectivity index (χ0) is 18.4. The molecule has 136 valence electrons. The summed E-state index contributed by atoms with van der Waals surface area (Å²) in [5, 5.41) is 4.11. The van der Waals surface area contributed by atoms with Crippen molar-refractivity contribution in [3.8, 4) is 23.0 Å². The number of hydrogen-bond donors (Lipinski definition) is 0. The number of aryl methyl sites for hydroxylation is 1. The first-order valence-electron chi connectivity index (χ1n) is 8.78. The Morgan fingerprint density at radius 2 is 2.00 bits per heavy atom. The van der Waals surface area contributed by atoms with Gasteiger partial charge in [-0.05, 0) is 42.8 Å². The summed E-state index contributed by atoms with van der Waals surface area (Å²) in [6.07, 6.45) is 0.369. The molecule has 3 aromatic rings. The van der Waals surface area contributed by atoms with Crippen LogP contribution in [0.3, 0.4) is 0 Å². The molecular weight excluding hydrogens is 346 g/mol. The molecule has 0 spiro atoms. The molecule has 0 N–H and O–H groups in total. The molecule has 0 radical (unpaired) electrons. The summed E-state index contributed by atoms with van der Waals surface area (Å²) in [4.78, 5) is 18.8. The third-order valence-electron chi connectivity index (χ3n) is 4.86. The molecule has 7 heteroatoms. The molecular formula is C20H17N3O4. The summed E-state index contributed by atoms with van der Waals surface area (Å²) in [5.41, 5.74) is 2.79. The van der Waals surface area contributed by atoms with Crippen LogP contribution in [0.1, 0.15) is 23.7 Å². The van der Waals surface area contributed by atoms with Gasteiger partial charge in [-0.1, -0.05) is 17.3 Å². The fourth-order valence-corrected chi connectivity index (χ4v) is 3.47. The van der Waals surface area contributed by atoms with Crippen molar-refractivity contribution in [2.24, 2.45) is 0 Å². The average Bonchev–Trinajstić information content (AvgIpc) is 3.40. The van der Waals surface area contributed by atoms with E-state index in [0.29, 0.717) is 36.2 Å². The monoisotopic (exact) mass is 363 g/mol. The number of nitrogens with zero attached hydrogens (tertiary/aromatic N) is 3. The molecule has 0 aliphatic carbocycles. The van der Waals surface area contributed by atoms with Gasteiger partial charge in [0, 0.05) is 30.1 Å². The third kappa shape index (κ3) is 2.81. The summed E-state index contributed by atoms with van der Waals surface area (Å²) < 4.78 is 16.1. The van der Waals surface area contributed by atoms with E-state index in [2.05, 4.69) is 10.1 Å². The second-order valence-electron chi connectivity index (χ2n) is 6.77. The molecule has 1 fully saturated rings. The van der Waals surface area contributed by atoms with E-state index in [4.69, 9.17) is 14.0 Å². The molecule has 0 bridgehead atoms. The molecule has 1 aromatic heterocycles. The van der Waals surface area contributed by atoms with E-state index in [1.807, 2.05) is 49.4 Å². The van der Waals surface area contributed by atoms with Gasteiger partial charge in [-0.25, -0.2) is 0 Å². The van der Waals surface area contributed by atoms with E-state index in [1.165, 1.54) is 0 Å². The van der Waals surface area contributed by atoms with Crippen LogP contribution in [-0.4, -0.2) is 29.4 Å². The number of aromatic nitrogens is 2. The van der Waals surface area contributed by atoms with Gasteiger partial charge in [0.1, 0.15) is 0 Å². The Morgan fingerprint density at radius 3 is 2.89 bits per heavy atom. The first-order valence-corrected chi connectivity index (χ1v) is 8.78. The van der Waals surface area contributed by atoms with E-state index < -0.39 is 0 Å². The lowest BCUT2D eigenvalue weighted by atomic mass is 10.1. The maximum absolute atomic E-state index is 12.5. The summed E-state index contributed by atoms with van der Waals surface area (Å²) in [7, 11) is 0. The minimum absolute atomic E-state index is 0.0695. The minimum atomic E-state index is -0.0930. The fraction of sp³-hybridized carbons (Fsp3) is 0.250. The van der Waals surface area contributed by atoms with Crippen LogP contribution >= 0.6 is 0 Å². The van der Waals surface area contributed by atoms with E-state index >= 15 is 0 Å². The molecule has 1 amide bonds. The van der Waals surface area contributed by atoms with Crippen molar-refractivity contribution in [1.29, 1.82) is 0 Å². The van der Waals surface area contributed by atoms with Crippen molar-refractivity contribution in [3.05, 3.63) is 53.9 Å². The number of amides is 1. The normalized spacial score (nSPS) is 18.3. The Morgan fingerprint density at radius 1 is 1.11 bits per heavy atom. The first kappa shape index (κ1) is 15.9. The van der Waals surface area contributed by atoms with Gasteiger partial charge >= 0.3 is 0 Å². The zero-order valence-corrected chi connectivity index (χ0v) is 14.7. The third-order valence-corrected chi connectivity index (χ3v) is 4.86. The molecule has 1 unspecified atom stereocenters. The van der Waals surface area contributed by atoms with Gasteiger partial charge in [-0.15, -0.1) is 0 Å². The minimum Gasteiger partial charge on any atom is -0.454 e. The van der Waals surface area contributed by atoms with Crippen molar-refractivity contribution in [1.82, 2.24) is 10.1 Å². The van der Waals surface area contributed by atoms with E-state index in [9.17, 15) is 4.79 Å². The fourth-order valence-electron chi connectivity index (χ4n) is 3.47. The maximum atomic E-state index is 12.5. The largest absolute Gasteiger partial charge is 0.454 e. The Hall–Kier alpha value is -3.35. The summed E-state index contributed by atoms with van der Waals surface area (Å²) in [5.74, 6) is 2.29. The van der Waals surface area contributed by atoms with Gasteiger partial charge < -0.3 is 18.9 Å². The Bertz CT molecular complexity index is 1030. The number of ether oxygens (including phenoxy) is 2. The molecule has 5 rings (SSSR count). The number of rotatable bonds is 3. The van der Waals surface area contributed by atoms with Crippen molar-refractivity contribution in [3.63, 3.8) is 0 Å². The predicted octanol–water partition coefficient (Wildman–Crippen LogP) is 3.29. The van der Waals surface area contributed by atoms with Crippen molar-refractivity contribution >= 4 is 11.6 Å². The Labute approximate surface area is 155 Å². The second-order valence-corrected chi connectivity index (χ2v) is 6.77. The Kier molecular flexibility index (Phi) is 3.60. The smallest absolute Gasteiger partial charge is 0.258 e. The lowest BCUT2D eigenvalue weighted by Gasteiger charge is -2.16. The number of benzene rings is 2. The predicted molar refractivity (Wildman–Crippen MR) is 96.7 cm³/mol. The standard InChI is InChI=1S/C20H17N3O4/c1-12-3-2-4-15(7-12)23-10-14(9-18(23)24)19-21-20(27-22-19)13-5-6-16-17(8-13)26-11-25-16/h2-8,14H,9-11H2,1H3. The van der Waals surface area contributed by atoms with Gasteiger partial charge in [-0.3, -0.25) is 4.79 Å². The molecule has 2 aromatic carbocycles. The maximum Gasteiger partial charge on any atom is 0.258 e. The van der Waals surface area contributed by atoms with Crippen LogP contribution in [0, 0.1) is 6.92 Å². The highest BCUT2D eigenvalue weighted by molar-refractivity contribution is 5.96. The van der Waals surface area contributed by atoms with Crippen LogP contribution in [0.25, 0.3) is 11.5 Å². The molecule has 7 nitrogen and oxygen atoms in total. The van der Waals surface area contributed by atoms with E-state index in [-0.39, 0.29) is 18.6 Å². The molecule has 3 heterocycles. The summed E-state index contributed by atoms with van der Waals surface area (Å²) in [6, 6.07) is 13.4. The van der Waals surface area contributed by atoms with Crippen molar-refractivity contribution in [2.75, 3.05) is 18.2 Å². The summed E-state index contributed by atoms with van der Waals surface area (Å²) >= 11 is 0. The molecule has 0 saturated carbocycles. The SMILES string of the molecule is Cc1cccc(N2CC(c3noc(-c4ccc5c(c4)OCO5)n3)CC2=O)c1. The van der Waals surface area contributed by atoms with E-state index in [0.717, 1.165) is 16.8 Å². The first-order chi connectivity index (χ1) is 13.2. The van der Waals surface area contributed by atoms with Gasteiger partial charge in [0.25, 0.3) is 5.89 Å². The second kappa shape index (κ2) is 6.12. The molecule has 2 aliphatic heterocycles. The van der Waals surface area contributed by atoms with Crippen molar-refractivity contribution in [2.45, 2.75) is 19.3 Å². The highest BCUT2D eigenvalue weighted by Crippen LogP contribution is 2.36. The molecule has 1 atom stereocenters. The number of anilines is 1. The van der Waals surface area contributed by atoms with Crippen LogP contribution in [0.15, 0.2) is 47.0 Å². The number of carbonyl (C=O) groups is 1. The Balaban J connectivity index is 1.38. The van der Waals surface area contributed by atoms with Crippen LogP contribution in [0.4, 0.5) is 5.69 Å². The number of fused-ring (bicyclic) bond motifs is 1. The number of hydrogen-bond acceptors (Lipinski definition) is 6. The van der Waals surface area contributed by atoms with Gasteiger partial charge in [-0.2, -0.15) is 4.98 Å². The summed E-state index contributed by atoms with van der Waals surface area (Å²) in [6.45, 7) is 2.77. The average molecular weight is 363 g/mol. The highest BCUT2D eigenvalue weighted by atomic mass is 16.7. The lowest BCUT2D eigenvalue weighted by molar-refractivity contribution is -0.117. The van der Waals surface area contributed by atoms with Gasteiger partial charge in [0.2, 0.25) is 12.7 Å². The van der Waals surface area contributed by atoms with Crippen LogP contribution in [0.5, 0.6) is 11.5 Å². The number of carbonyl (C=O) groups excluding carboxylic acids is 1. The molecule has 1 saturated heterocycles. The lowest BCUT2D eigenvalue weighted by Crippen LogP contribution is -2.24. The van der Waals surface area contributed by atoms with E-state index in [1.54, 1.807) is 4.90 Å². The van der Waals surface area contributed by atoms with Crippen LogP contribution in [-0.2, 0) is 4.79 Å². The highest BCUT2D eigenvalue weighted by Gasteiger charge is 2.34. The van der Waals surface area contributed by atoms with Gasteiger partial charge in [0.05, 0.1) is 0 Å². The zero-order valence-electron chi connectivity index (χ0n) is 14.7. The van der Waals surface area contributed by atoms with Gasteiger partial charge in [0.15, 0.2) is 17.3 Å². The van der Waals surface area contributed by atoms with Crippen molar-refractivity contribution < 1.29 is 18.8 Å². The molecule has 27 heavy (non-hydrogen) atoms. The van der Waals surface area contributed by atoms with Crippen LogP contribution in [0.2, 0.25) is 0 Å². The molecule has 2 aliphatic rings. The van der Waals surface area contributed by atoms with Crippen LogP contribution < -0.4 is 14.4 Å². The quantitative estimate of drug-likeness (QED) is 0.711. The topological polar surface area (TPSA) is 77.7 Å².